The quantitative estimate of drug-likeness (QED) is 0.0801. The lowest BCUT2D eigenvalue weighted by molar-refractivity contribution is -0.249. The van der Waals surface area contributed by atoms with E-state index in [0.29, 0.717) is 25.8 Å². The smallest absolute Gasteiger partial charge is 0.410 e. The highest BCUT2D eigenvalue weighted by molar-refractivity contribution is 6.31. The van der Waals surface area contributed by atoms with Crippen LogP contribution in [0.3, 0.4) is 0 Å². The van der Waals surface area contributed by atoms with Crippen LogP contribution in [0.1, 0.15) is 107 Å². The summed E-state index contributed by atoms with van der Waals surface area (Å²) >= 11 is 0. The van der Waals surface area contributed by atoms with Gasteiger partial charge < -0.3 is 65.3 Å². The maximum atomic E-state index is 14.1. The second-order valence-electron chi connectivity index (χ2n) is 18.7. The van der Waals surface area contributed by atoms with Crippen molar-refractivity contribution >= 4 is 47.1 Å². The molecule has 22 heteroatoms. The zero-order valence-electron chi connectivity index (χ0n) is 39.8. The molecule has 0 aromatic heterocycles. The van der Waals surface area contributed by atoms with E-state index in [0.717, 1.165) is 5.56 Å². The van der Waals surface area contributed by atoms with E-state index in [2.05, 4.69) is 16.0 Å². The number of aliphatic hydroxyl groups is 3. The lowest BCUT2D eigenvalue weighted by Crippen LogP contribution is -2.59. The Kier molecular flexibility index (Phi) is 15.0. The van der Waals surface area contributed by atoms with Gasteiger partial charge in [-0.3, -0.25) is 38.5 Å². The van der Waals surface area contributed by atoms with Gasteiger partial charge in [0.15, 0.2) is 17.9 Å². The first-order valence-corrected chi connectivity index (χ1v) is 23.7. The fraction of sp³-hybridized carbons (Fsp3) is 0.480. The molecule has 22 nitrogen and oxygen atoms in total. The average Bonchev–Trinajstić information content (AvgIpc) is 4.08. The van der Waals surface area contributed by atoms with Gasteiger partial charge in [0.25, 0.3) is 0 Å². The molecule has 0 spiro atoms. The molecule has 0 bridgehead atoms. The number of methoxy groups -OCH3 is 1. The van der Waals surface area contributed by atoms with Crippen LogP contribution in [0.5, 0.6) is 17.2 Å². The van der Waals surface area contributed by atoms with Gasteiger partial charge >= 0.3 is 6.09 Å². The Balaban J connectivity index is 0.910. The number of Topliss-reactive ketones (excluding diaryl/α,β-unsaturated/α-hetero) is 1. The van der Waals surface area contributed by atoms with Crippen LogP contribution in [0.15, 0.2) is 48.5 Å². The molecule has 5 amide bonds. The molecule has 3 aliphatic heterocycles. The van der Waals surface area contributed by atoms with E-state index in [-0.39, 0.29) is 54.0 Å². The zero-order valence-corrected chi connectivity index (χ0v) is 39.8. The van der Waals surface area contributed by atoms with E-state index >= 15 is 0 Å². The summed E-state index contributed by atoms with van der Waals surface area (Å²) in [6, 6.07) is 9.23. The number of hydrogen-bond acceptors (Lipinski definition) is 17. The Morgan fingerprint density at radius 3 is 2.26 bits per heavy atom. The van der Waals surface area contributed by atoms with E-state index in [9.17, 15) is 63.9 Å². The van der Waals surface area contributed by atoms with Crippen LogP contribution < -0.4 is 20.7 Å². The van der Waals surface area contributed by atoms with Gasteiger partial charge in [0.2, 0.25) is 29.4 Å². The molecule has 0 radical (unpaired) electrons. The maximum absolute atomic E-state index is 14.1. The molecule has 72 heavy (non-hydrogen) atoms. The predicted molar refractivity (Wildman–Crippen MR) is 247 cm³/mol. The molecule has 3 saturated heterocycles. The van der Waals surface area contributed by atoms with E-state index in [1.807, 2.05) is 18.2 Å². The van der Waals surface area contributed by atoms with Gasteiger partial charge in [-0.25, -0.2) is 4.79 Å². The van der Waals surface area contributed by atoms with Gasteiger partial charge in [0.05, 0.1) is 48.6 Å². The number of benzene rings is 3. The van der Waals surface area contributed by atoms with Gasteiger partial charge in [-0.2, -0.15) is 0 Å². The molecule has 3 heterocycles. The number of ether oxygens (including phenoxy) is 4. The summed E-state index contributed by atoms with van der Waals surface area (Å²) in [5.74, 6) is -6.83. The second kappa shape index (κ2) is 21.0. The number of aromatic hydroxyl groups is 2. The first-order valence-electron chi connectivity index (χ1n) is 23.7. The SMILES string of the molecule is COc1cccc2c1C(=O)c1c(O)c3c(c(O)c1C2=O)C[C@@](O)(C(=O)CO)C[C@@H]3OC1CC(NC(=O)C2CCCN2C(=O)CNC(=O)[C@H](C)NC(=O)[C@@H]2CCCN2C(=O)OCc2ccccc2)C(O)C(C)O1. The Labute approximate surface area is 412 Å². The van der Waals surface area contributed by atoms with Crippen molar-refractivity contribution in [2.75, 3.05) is 33.4 Å². The molecular formula is C50H57N5O17. The monoisotopic (exact) mass is 999 g/mol. The summed E-state index contributed by atoms with van der Waals surface area (Å²) in [7, 11) is 1.29. The first kappa shape index (κ1) is 51.4. The third kappa shape index (κ3) is 9.83. The Bertz CT molecular complexity index is 2680. The lowest BCUT2D eigenvalue weighted by atomic mass is 9.72. The van der Waals surface area contributed by atoms with Crippen molar-refractivity contribution < 1.29 is 82.8 Å². The largest absolute Gasteiger partial charge is 0.507 e. The minimum absolute atomic E-state index is 0.0249. The highest BCUT2D eigenvalue weighted by atomic mass is 16.7. The summed E-state index contributed by atoms with van der Waals surface area (Å²) in [4.78, 5) is 110. The summed E-state index contributed by atoms with van der Waals surface area (Å²) in [5.41, 5.74) is -3.61. The average molecular weight is 1000 g/mol. The van der Waals surface area contributed by atoms with Crippen LogP contribution in [0.4, 0.5) is 4.79 Å². The Morgan fingerprint density at radius 2 is 1.57 bits per heavy atom. The van der Waals surface area contributed by atoms with E-state index < -0.39 is 150 Å². The second-order valence-corrected chi connectivity index (χ2v) is 18.7. The standard InChI is InChI=1S/C50H57N5O17/c1-24(52-47(65)31-14-9-17-55(31)49(67)70-23-26-10-5-4-6-11-26)46(64)51-21-35(58)54-16-8-13-30(54)48(66)53-29-18-36(71-25(2)41(29)59)72-33-20-50(68,34(57)22-56)19-28-38(33)45(63)40-39(43(28)61)42(60)27-12-7-15-32(69-3)37(27)44(40)62/h4-7,10-12,15,24-25,29-31,33,36,41,56,59,61,63,68H,8-9,13-14,16-23H2,1-3H3,(H,51,64)(H,52,65)(H,53,66)/t24-,25?,29?,30?,31-,33-,36?,41?,50-/m0/s1. The number of carbonyl (C=O) groups is 8. The number of likely N-dealkylation sites (tertiary alicyclic amines) is 2. The molecule has 3 fully saturated rings. The van der Waals surface area contributed by atoms with Crippen LogP contribution in [-0.2, 0) is 51.2 Å². The molecule has 8 N–H and O–H groups in total. The zero-order chi connectivity index (χ0) is 51.8. The number of nitrogens with one attached hydrogen (secondary N) is 3. The molecule has 5 unspecified atom stereocenters. The van der Waals surface area contributed by atoms with Crippen molar-refractivity contribution in [3.8, 4) is 17.2 Å². The molecule has 0 saturated carbocycles. The predicted octanol–water partition coefficient (Wildman–Crippen LogP) is 0.572. The van der Waals surface area contributed by atoms with Gasteiger partial charge in [-0.05, 0) is 51.2 Å². The number of phenols is 2. The van der Waals surface area contributed by atoms with Gasteiger partial charge in [0.1, 0.15) is 60.3 Å². The van der Waals surface area contributed by atoms with Gasteiger partial charge in [-0.15, -0.1) is 0 Å². The Morgan fingerprint density at radius 1 is 0.889 bits per heavy atom. The van der Waals surface area contributed by atoms with Gasteiger partial charge in [0, 0.05) is 49.0 Å². The first-order chi connectivity index (χ1) is 34.4. The number of carbonyl (C=O) groups excluding carboxylic acids is 8. The van der Waals surface area contributed by atoms with Crippen LogP contribution in [0.25, 0.3) is 0 Å². The Hall–Kier alpha value is -6.98. The molecular weight excluding hydrogens is 943 g/mol. The molecule has 9 atom stereocenters. The lowest BCUT2D eigenvalue weighted by Gasteiger charge is -2.43. The number of fused-ring (bicyclic) bond motifs is 3. The number of phenolic OH excluding ortho intramolecular Hbond substituents is 2. The van der Waals surface area contributed by atoms with Crippen molar-refractivity contribution in [3.63, 3.8) is 0 Å². The number of amides is 5. The minimum Gasteiger partial charge on any atom is -0.507 e. The summed E-state index contributed by atoms with van der Waals surface area (Å²) in [6.07, 6.45) is -5.97. The molecule has 3 aromatic rings. The van der Waals surface area contributed by atoms with Crippen LogP contribution >= 0.6 is 0 Å². The fourth-order valence-corrected chi connectivity index (χ4v) is 10.3. The van der Waals surface area contributed by atoms with E-state index in [1.165, 1.54) is 49.0 Å². The van der Waals surface area contributed by atoms with Crippen molar-refractivity contribution in [1.29, 1.82) is 0 Å². The van der Waals surface area contributed by atoms with E-state index in [4.69, 9.17) is 18.9 Å². The number of rotatable bonds is 14. The molecule has 384 valence electrons. The van der Waals surface area contributed by atoms with Crippen molar-refractivity contribution in [1.82, 2.24) is 25.8 Å². The molecule has 3 aromatic carbocycles. The number of aliphatic hydroxyl groups excluding tert-OH is 2. The fourth-order valence-electron chi connectivity index (χ4n) is 10.3. The summed E-state index contributed by atoms with van der Waals surface area (Å²) in [5, 5.41) is 64.3. The third-order valence-electron chi connectivity index (χ3n) is 14.1. The maximum Gasteiger partial charge on any atom is 0.410 e. The number of hydrogen-bond donors (Lipinski definition) is 8. The highest BCUT2D eigenvalue weighted by Crippen LogP contribution is 2.52. The van der Waals surface area contributed by atoms with Gasteiger partial charge in [-0.1, -0.05) is 42.5 Å². The summed E-state index contributed by atoms with van der Waals surface area (Å²) in [6.45, 7) is 1.75. The molecule has 5 aliphatic rings. The third-order valence-corrected chi connectivity index (χ3v) is 14.1. The topological polar surface area (TPSA) is 317 Å². The number of ketones is 3. The van der Waals surface area contributed by atoms with E-state index in [1.54, 1.807) is 12.1 Å². The van der Waals surface area contributed by atoms with Crippen LogP contribution in [0, 0.1) is 0 Å². The van der Waals surface area contributed by atoms with Crippen LogP contribution in [0.2, 0.25) is 0 Å². The molecule has 8 rings (SSSR count). The molecule has 2 aliphatic carbocycles. The van der Waals surface area contributed by atoms with Crippen molar-refractivity contribution in [3.05, 3.63) is 87.5 Å². The summed E-state index contributed by atoms with van der Waals surface area (Å²) < 4.78 is 23.0. The van der Waals surface area contributed by atoms with Crippen molar-refractivity contribution in [2.45, 2.75) is 120 Å². The minimum atomic E-state index is -2.41. The number of nitrogens with zero attached hydrogens (tertiary/aromatic N) is 2. The van der Waals surface area contributed by atoms with Crippen LogP contribution in [-0.4, -0.2) is 164 Å². The highest BCUT2D eigenvalue weighted by Gasteiger charge is 2.51. The van der Waals surface area contributed by atoms with Crippen molar-refractivity contribution in [2.24, 2.45) is 0 Å². The normalized spacial score (nSPS) is 25.9.